The van der Waals surface area contributed by atoms with Crippen molar-refractivity contribution in [2.24, 2.45) is 0 Å². The van der Waals surface area contributed by atoms with Gasteiger partial charge in [0, 0.05) is 11.4 Å². The van der Waals surface area contributed by atoms with Crippen molar-refractivity contribution in [2.45, 2.75) is 6.61 Å². The fourth-order valence-electron chi connectivity index (χ4n) is 1.73. The van der Waals surface area contributed by atoms with Crippen molar-refractivity contribution < 1.29 is 14.1 Å². The summed E-state index contributed by atoms with van der Waals surface area (Å²) >= 11 is 1.46. The van der Waals surface area contributed by atoms with Gasteiger partial charge in [0.2, 0.25) is 0 Å². The van der Waals surface area contributed by atoms with Crippen LogP contribution in [0.4, 0.5) is 5.69 Å². The second-order valence-corrected chi connectivity index (χ2v) is 5.02. The summed E-state index contributed by atoms with van der Waals surface area (Å²) in [6.07, 6.45) is 1.59. The molecular weight excluding hydrogens is 292 g/mol. The SMILES string of the molecule is O=[N+]([O-])c1cccc(OCc2csc(-c3ccco3)n2)c1. The zero-order valence-electron chi connectivity index (χ0n) is 10.8. The van der Waals surface area contributed by atoms with E-state index in [0.29, 0.717) is 11.5 Å². The molecule has 0 fully saturated rings. The van der Waals surface area contributed by atoms with E-state index in [1.807, 2.05) is 11.4 Å². The molecule has 6 nitrogen and oxygen atoms in total. The Hall–Kier alpha value is -2.67. The molecule has 0 radical (unpaired) electrons. The highest BCUT2D eigenvalue weighted by Gasteiger charge is 2.09. The lowest BCUT2D eigenvalue weighted by Gasteiger charge is -2.03. The van der Waals surface area contributed by atoms with E-state index in [2.05, 4.69) is 4.98 Å². The first-order chi connectivity index (χ1) is 10.2. The van der Waals surface area contributed by atoms with Crippen molar-refractivity contribution in [3.63, 3.8) is 0 Å². The van der Waals surface area contributed by atoms with Gasteiger partial charge in [0.05, 0.1) is 22.9 Å². The van der Waals surface area contributed by atoms with Gasteiger partial charge >= 0.3 is 0 Å². The molecule has 2 aromatic heterocycles. The van der Waals surface area contributed by atoms with E-state index in [1.54, 1.807) is 24.5 Å². The van der Waals surface area contributed by atoms with E-state index in [9.17, 15) is 10.1 Å². The summed E-state index contributed by atoms with van der Waals surface area (Å²) in [5.41, 5.74) is 0.750. The van der Waals surface area contributed by atoms with Crippen LogP contribution in [0, 0.1) is 10.1 Å². The van der Waals surface area contributed by atoms with Gasteiger partial charge in [-0.05, 0) is 18.2 Å². The molecule has 3 rings (SSSR count). The fourth-order valence-corrected chi connectivity index (χ4v) is 2.50. The maximum atomic E-state index is 10.7. The number of nitro benzene ring substituents is 1. The van der Waals surface area contributed by atoms with Crippen LogP contribution in [0.15, 0.2) is 52.5 Å². The lowest BCUT2D eigenvalue weighted by molar-refractivity contribution is -0.384. The monoisotopic (exact) mass is 302 g/mol. The molecule has 3 aromatic rings. The quantitative estimate of drug-likeness (QED) is 0.527. The minimum absolute atomic E-state index is 0.00190. The number of nitro groups is 1. The van der Waals surface area contributed by atoms with E-state index < -0.39 is 4.92 Å². The average molecular weight is 302 g/mol. The predicted molar refractivity (Wildman–Crippen MR) is 77.2 cm³/mol. The van der Waals surface area contributed by atoms with Gasteiger partial charge in [0.15, 0.2) is 10.8 Å². The Morgan fingerprint density at radius 1 is 1.33 bits per heavy atom. The Balaban J connectivity index is 1.68. The van der Waals surface area contributed by atoms with Gasteiger partial charge in [-0.1, -0.05) is 6.07 Å². The van der Waals surface area contributed by atoms with Crippen LogP contribution >= 0.6 is 11.3 Å². The number of benzene rings is 1. The molecule has 0 amide bonds. The molecule has 0 aliphatic rings. The van der Waals surface area contributed by atoms with Gasteiger partial charge in [-0.3, -0.25) is 10.1 Å². The summed E-state index contributed by atoms with van der Waals surface area (Å²) in [4.78, 5) is 14.6. The highest BCUT2D eigenvalue weighted by Crippen LogP contribution is 2.25. The summed E-state index contributed by atoms with van der Waals surface area (Å²) in [5, 5.41) is 13.3. The minimum Gasteiger partial charge on any atom is -0.487 e. The molecular formula is C14H10N2O4S. The minimum atomic E-state index is -0.454. The molecule has 0 aliphatic carbocycles. The summed E-state index contributed by atoms with van der Waals surface area (Å²) < 4.78 is 10.8. The second kappa shape index (κ2) is 5.76. The molecule has 0 bridgehead atoms. The van der Waals surface area contributed by atoms with Gasteiger partial charge in [-0.15, -0.1) is 11.3 Å². The Kier molecular flexibility index (Phi) is 3.65. The van der Waals surface area contributed by atoms with Crippen molar-refractivity contribution in [1.82, 2.24) is 4.98 Å². The Morgan fingerprint density at radius 2 is 2.24 bits per heavy atom. The van der Waals surface area contributed by atoms with Gasteiger partial charge in [-0.25, -0.2) is 4.98 Å². The molecule has 21 heavy (non-hydrogen) atoms. The molecule has 0 atom stereocenters. The summed E-state index contributed by atoms with van der Waals surface area (Å²) in [5.74, 6) is 1.15. The van der Waals surface area contributed by atoms with E-state index >= 15 is 0 Å². The third-order valence-corrected chi connectivity index (χ3v) is 3.60. The van der Waals surface area contributed by atoms with Gasteiger partial charge in [0.1, 0.15) is 12.4 Å². The first-order valence-corrected chi connectivity index (χ1v) is 6.96. The molecule has 0 saturated carbocycles. The Morgan fingerprint density at radius 3 is 3.00 bits per heavy atom. The molecule has 106 valence electrons. The van der Waals surface area contributed by atoms with Crippen molar-refractivity contribution in [1.29, 1.82) is 0 Å². The topological polar surface area (TPSA) is 78.4 Å². The van der Waals surface area contributed by atoms with Crippen LogP contribution in [0.3, 0.4) is 0 Å². The molecule has 0 spiro atoms. The molecule has 0 unspecified atom stereocenters. The van der Waals surface area contributed by atoms with E-state index in [0.717, 1.165) is 10.7 Å². The van der Waals surface area contributed by atoms with Crippen LogP contribution in [0.5, 0.6) is 5.75 Å². The Bertz CT molecular complexity index is 752. The standard InChI is InChI=1S/C14H10N2O4S/c17-16(18)11-3-1-4-12(7-11)20-8-10-9-21-14(15-10)13-5-2-6-19-13/h1-7,9H,8H2. The highest BCUT2D eigenvalue weighted by molar-refractivity contribution is 7.13. The number of rotatable bonds is 5. The number of ether oxygens (including phenoxy) is 1. The molecule has 2 heterocycles. The third kappa shape index (κ3) is 3.09. The molecule has 0 saturated heterocycles. The molecule has 1 aromatic carbocycles. The van der Waals surface area contributed by atoms with Crippen LogP contribution in [0.2, 0.25) is 0 Å². The zero-order chi connectivity index (χ0) is 14.7. The predicted octanol–water partition coefficient (Wildman–Crippen LogP) is 3.89. The number of thiazole rings is 1. The van der Waals surface area contributed by atoms with Crippen LogP contribution in [0.1, 0.15) is 5.69 Å². The largest absolute Gasteiger partial charge is 0.487 e. The fraction of sp³-hybridized carbons (Fsp3) is 0.0714. The maximum Gasteiger partial charge on any atom is 0.273 e. The maximum absolute atomic E-state index is 10.7. The molecule has 0 aliphatic heterocycles. The normalized spacial score (nSPS) is 10.5. The number of furan rings is 1. The van der Waals surface area contributed by atoms with E-state index in [-0.39, 0.29) is 12.3 Å². The summed E-state index contributed by atoms with van der Waals surface area (Å²) in [6.45, 7) is 0.248. The van der Waals surface area contributed by atoms with Crippen LogP contribution in [0.25, 0.3) is 10.8 Å². The molecule has 7 heteroatoms. The number of hydrogen-bond donors (Lipinski definition) is 0. The van der Waals surface area contributed by atoms with Crippen LogP contribution in [-0.2, 0) is 6.61 Å². The van der Waals surface area contributed by atoms with E-state index in [4.69, 9.17) is 9.15 Å². The van der Waals surface area contributed by atoms with Gasteiger partial charge < -0.3 is 9.15 Å². The zero-order valence-corrected chi connectivity index (χ0v) is 11.6. The average Bonchev–Trinajstić information content (AvgIpc) is 3.16. The van der Waals surface area contributed by atoms with E-state index in [1.165, 1.54) is 23.5 Å². The lowest BCUT2D eigenvalue weighted by Crippen LogP contribution is -1.96. The number of hydrogen-bond acceptors (Lipinski definition) is 6. The van der Waals surface area contributed by atoms with Crippen molar-refractivity contribution in [3.05, 3.63) is 63.8 Å². The smallest absolute Gasteiger partial charge is 0.273 e. The number of nitrogens with zero attached hydrogens (tertiary/aromatic N) is 2. The highest BCUT2D eigenvalue weighted by atomic mass is 32.1. The number of non-ortho nitro benzene ring substituents is 1. The lowest BCUT2D eigenvalue weighted by atomic mass is 10.3. The van der Waals surface area contributed by atoms with Crippen LogP contribution in [-0.4, -0.2) is 9.91 Å². The number of aromatic nitrogens is 1. The van der Waals surface area contributed by atoms with Crippen molar-refractivity contribution >= 4 is 17.0 Å². The van der Waals surface area contributed by atoms with Gasteiger partial charge in [0.25, 0.3) is 5.69 Å². The first kappa shape index (κ1) is 13.3. The van der Waals surface area contributed by atoms with Crippen molar-refractivity contribution in [2.75, 3.05) is 0 Å². The first-order valence-electron chi connectivity index (χ1n) is 6.08. The second-order valence-electron chi connectivity index (χ2n) is 4.16. The third-order valence-electron chi connectivity index (χ3n) is 2.70. The molecule has 0 N–H and O–H groups in total. The van der Waals surface area contributed by atoms with Gasteiger partial charge in [-0.2, -0.15) is 0 Å². The Labute approximate surface area is 123 Å². The summed E-state index contributed by atoms with van der Waals surface area (Å²) in [7, 11) is 0. The van der Waals surface area contributed by atoms with Crippen LogP contribution < -0.4 is 4.74 Å². The summed E-state index contributed by atoms with van der Waals surface area (Å²) in [6, 6.07) is 9.71. The van der Waals surface area contributed by atoms with Crippen molar-refractivity contribution in [3.8, 4) is 16.5 Å².